The fourth-order valence-corrected chi connectivity index (χ4v) is 3.32. The average Bonchev–Trinajstić information content (AvgIpc) is 2.76. The third-order valence-electron chi connectivity index (χ3n) is 4.20. The summed E-state index contributed by atoms with van der Waals surface area (Å²) in [7, 11) is 0. The van der Waals surface area contributed by atoms with Crippen LogP contribution in [0, 0.1) is 5.41 Å². The molecule has 2 aromatic carbocycles. The number of esters is 2. The van der Waals surface area contributed by atoms with Crippen molar-refractivity contribution in [3.05, 3.63) is 53.6 Å². The number of hydrogen-bond acceptors (Lipinski definition) is 8. The zero-order valence-electron chi connectivity index (χ0n) is 18.2. The molecule has 0 bridgehead atoms. The molecule has 0 aromatic heterocycles. The van der Waals surface area contributed by atoms with Gasteiger partial charge in [0.15, 0.2) is 12.6 Å². The van der Waals surface area contributed by atoms with E-state index in [0.717, 1.165) is 4.90 Å². The maximum absolute atomic E-state index is 12.7. The van der Waals surface area contributed by atoms with E-state index in [4.69, 9.17) is 25.4 Å². The van der Waals surface area contributed by atoms with E-state index in [1.807, 2.05) is 12.3 Å². The normalized spacial score (nSPS) is 11.0. The van der Waals surface area contributed by atoms with Gasteiger partial charge in [0.1, 0.15) is 11.6 Å². The molecular formula is C22H28ClN3O5S. The quantitative estimate of drug-likeness (QED) is 0.192. The smallest absolute Gasteiger partial charge is 0.344 e. The third-order valence-corrected chi connectivity index (χ3v) is 4.96. The molecule has 2 aromatic rings. The van der Waals surface area contributed by atoms with E-state index >= 15 is 0 Å². The molecule has 0 radical (unpaired) electrons. The first-order valence-corrected chi connectivity index (χ1v) is 11.0. The molecule has 0 saturated carbocycles. The van der Waals surface area contributed by atoms with Gasteiger partial charge >= 0.3 is 11.9 Å². The summed E-state index contributed by atoms with van der Waals surface area (Å²) in [6, 6.07) is 11.4. The monoisotopic (exact) mass is 481 g/mol. The number of carbonyl (C=O) groups is 2. The van der Waals surface area contributed by atoms with Crippen LogP contribution < -0.4 is 15.8 Å². The topological polar surface area (TPSA) is 124 Å². The van der Waals surface area contributed by atoms with Gasteiger partial charge in [-0.1, -0.05) is 6.07 Å². The second-order valence-electron chi connectivity index (χ2n) is 6.32. The van der Waals surface area contributed by atoms with Gasteiger partial charge in [-0.15, -0.1) is 24.2 Å². The number of thioether (sulfide) groups is 1. The van der Waals surface area contributed by atoms with Crippen molar-refractivity contribution < 1.29 is 23.8 Å². The fraction of sp³-hybridized carbons (Fsp3) is 0.318. The van der Waals surface area contributed by atoms with Crippen LogP contribution in [0.25, 0.3) is 0 Å². The van der Waals surface area contributed by atoms with Crippen molar-refractivity contribution in [1.29, 1.82) is 5.41 Å². The minimum Gasteiger partial charge on any atom is -0.481 e. The zero-order chi connectivity index (χ0) is 22.8. The second kappa shape index (κ2) is 13.5. The number of rotatable bonds is 11. The summed E-state index contributed by atoms with van der Waals surface area (Å²) >= 11 is 1.43. The maximum atomic E-state index is 12.7. The number of benzene rings is 2. The van der Waals surface area contributed by atoms with Crippen molar-refractivity contribution in [1.82, 2.24) is 0 Å². The summed E-state index contributed by atoms with van der Waals surface area (Å²) in [5.74, 6) is -0.377. The van der Waals surface area contributed by atoms with E-state index in [2.05, 4.69) is 5.32 Å². The van der Waals surface area contributed by atoms with Crippen molar-refractivity contribution in [2.75, 3.05) is 31.4 Å². The summed E-state index contributed by atoms with van der Waals surface area (Å²) in [5.41, 5.74) is 7.44. The Kier molecular flexibility index (Phi) is 11.4. The van der Waals surface area contributed by atoms with E-state index in [1.165, 1.54) is 11.8 Å². The van der Waals surface area contributed by atoms with Crippen molar-refractivity contribution >= 4 is 47.6 Å². The van der Waals surface area contributed by atoms with Gasteiger partial charge in [0.2, 0.25) is 0 Å². The van der Waals surface area contributed by atoms with Crippen molar-refractivity contribution in [3.63, 3.8) is 0 Å². The molecule has 8 nitrogen and oxygen atoms in total. The zero-order valence-corrected chi connectivity index (χ0v) is 19.8. The van der Waals surface area contributed by atoms with Crippen LogP contribution in [-0.2, 0) is 19.1 Å². The van der Waals surface area contributed by atoms with E-state index in [-0.39, 0.29) is 38.1 Å². The Hall–Kier alpha value is -2.91. The largest absolute Gasteiger partial charge is 0.481 e. The number of carbonyl (C=O) groups excluding carboxylic acids is 2. The van der Waals surface area contributed by atoms with Crippen LogP contribution in [0.1, 0.15) is 31.0 Å². The molecule has 0 heterocycles. The summed E-state index contributed by atoms with van der Waals surface area (Å²) < 4.78 is 15.7. The molecule has 0 amide bonds. The maximum Gasteiger partial charge on any atom is 0.344 e. The summed E-state index contributed by atoms with van der Waals surface area (Å²) in [4.78, 5) is 25.0. The van der Waals surface area contributed by atoms with Crippen LogP contribution >= 0.6 is 24.2 Å². The lowest BCUT2D eigenvalue weighted by Gasteiger charge is -2.20. The molecule has 0 aliphatic heterocycles. The van der Waals surface area contributed by atoms with Gasteiger partial charge in [-0.3, -0.25) is 5.41 Å². The lowest BCUT2D eigenvalue weighted by Crippen LogP contribution is -2.23. The highest BCUT2D eigenvalue weighted by Gasteiger charge is 2.23. The molecule has 0 saturated heterocycles. The van der Waals surface area contributed by atoms with Gasteiger partial charge in [-0.05, 0) is 62.1 Å². The predicted molar refractivity (Wildman–Crippen MR) is 128 cm³/mol. The van der Waals surface area contributed by atoms with Gasteiger partial charge in [0.25, 0.3) is 0 Å². The first-order valence-electron chi connectivity index (χ1n) is 9.73. The van der Waals surface area contributed by atoms with Crippen LogP contribution in [-0.4, -0.2) is 43.9 Å². The number of ether oxygens (including phenoxy) is 3. The van der Waals surface area contributed by atoms with Gasteiger partial charge in [-0.25, -0.2) is 9.59 Å². The van der Waals surface area contributed by atoms with Crippen LogP contribution in [0.4, 0.5) is 5.69 Å². The lowest BCUT2D eigenvalue weighted by molar-refractivity contribution is -0.145. The number of amidine groups is 1. The average molecular weight is 482 g/mol. The van der Waals surface area contributed by atoms with Gasteiger partial charge in [0.05, 0.1) is 13.2 Å². The predicted octanol–water partition coefficient (Wildman–Crippen LogP) is 3.77. The summed E-state index contributed by atoms with van der Waals surface area (Å²) in [5, 5.41) is 10.7. The Morgan fingerprint density at radius 2 is 1.75 bits per heavy atom. The molecule has 174 valence electrons. The molecule has 4 N–H and O–H groups in total. The lowest BCUT2D eigenvalue weighted by atomic mass is 10.1. The first-order chi connectivity index (χ1) is 14.9. The van der Waals surface area contributed by atoms with Crippen molar-refractivity contribution in [2.24, 2.45) is 5.73 Å². The Morgan fingerprint density at radius 3 is 2.31 bits per heavy atom. The number of nitrogens with one attached hydrogen (secondary N) is 2. The van der Waals surface area contributed by atoms with Crippen molar-refractivity contribution in [2.45, 2.75) is 24.8 Å². The summed E-state index contributed by atoms with van der Waals surface area (Å²) in [6.45, 7) is 3.82. The van der Waals surface area contributed by atoms with E-state index in [0.29, 0.717) is 22.6 Å². The molecule has 0 aliphatic carbocycles. The van der Waals surface area contributed by atoms with Gasteiger partial charge < -0.3 is 25.3 Å². The first kappa shape index (κ1) is 27.1. The standard InChI is InChI=1S/C22H27N3O5S.ClH/c1-4-28-19(26)13-30-17-11-8-15(12-18(17)31-3)20(22(27)29-5-2)25-16-9-6-14(7-10-16)21(23)24;/h6-12,20,25H,4-5,13H2,1-3H3,(H3,23,24);1H. The molecule has 1 unspecified atom stereocenters. The minimum absolute atomic E-state index is 0. The second-order valence-corrected chi connectivity index (χ2v) is 7.17. The number of halogens is 1. The highest BCUT2D eigenvalue weighted by atomic mass is 35.5. The van der Waals surface area contributed by atoms with Crippen LogP contribution in [0.2, 0.25) is 0 Å². The van der Waals surface area contributed by atoms with E-state index in [1.54, 1.807) is 50.2 Å². The summed E-state index contributed by atoms with van der Waals surface area (Å²) in [6.07, 6.45) is 1.88. The number of nitrogens with two attached hydrogens (primary N) is 1. The number of nitrogen functional groups attached to an aromatic ring is 1. The molecule has 1 atom stereocenters. The SMILES string of the molecule is CCOC(=O)COc1ccc(C(Nc2ccc(C(=N)N)cc2)C(=O)OCC)cc1SC.Cl. The van der Waals surface area contributed by atoms with Crippen LogP contribution in [0.5, 0.6) is 5.75 Å². The van der Waals surface area contributed by atoms with Gasteiger partial charge in [-0.2, -0.15) is 0 Å². The molecule has 0 aliphatic rings. The van der Waals surface area contributed by atoms with Gasteiger partial charge in [0, 0.05) is 16.1 Å². The fourth-order valence-electron chi connectivity index (χ4n) is 2.74. The number of hydrogen-bond donors (Lipinski definition) is 3. The molecule has 32 heavy (non-hydrogen) atoms. The molecule has 10 heteroatoms. The Morgan fingerprint density at radius 1 is 1.09 bits per heavy atom. The molecule has 2 rings (SSSR count). The third kappa shape index (κ3) is 7.65. The molecule has 0 spiro atoms. The van der Waals surface area contributed by atoms with Crippen LogP contribution in [0.3, 0.4) is 0 Å². The van der Waals surface area contributed by atoms with Crippen molar-refractivity contribution in [3.8, 4) is 5.75 Å². The number of anilines is 1. The Balaban J connectivity index is 0.00000512. The van der Waals surface area contributed by atoms with E-state index < -0.39 is 18.0 Å². The molecular weight excluding hydrogens is 454 g/mol. The Bertz CT molecular complexity index is 924. The van der Waals surface area contributed by atoms with E-state index in [9.17, 15) is 9.59 Å². The van der Waals surface area contributed by atoms with Crippen LogP contribution in [0.15, 0.2) is 47.4 Å². The Labute approximate surface area is 198 Å². The highest BCUT2D eigenvalue weighted by Crippen LogP contribution is 2.32. The highest BCUT2D eigenvalue weighted by molar-refractivity contribution is 7.98. The minimum atomic E-state index is -0.756. The molecule has 0 fully saturated rings.